The summed E-state index contributed by atoms with van der Waals surface area (Å²) in [4.78, 5) is 2.66. The van der Waals surface area contributed by atoms with Crippen molar-refractivity contribution in [3.8, 4) is 0 Å². The van der Waals surface area contributed by atoms with Crippen molar-refractivity contribution in [3.05, 3.63) is 0 Å². The van der Waals surface area contributed by atoms with Gasteiger partial charge < -0.3 is 4.90 Å². The minimum atomic E-state index is 0.585. The Hall–Kier alpha value is 0.440. The normalized spacial score (nSPS) is 29.8. The number of likely N-dealkylation sites (tertiary alicyclic amines) is 1. The van der Waals surface area contributed by atoms with Crippen LogP contribution in [0.1, 0.15) is 46.0 Å². The minimum Gasteiger partial charge on any atom is -0.302 e. The Morgan fingerprint density at radius 1 is 1.07 bits per heavy atom. The zero-order valence-electron chi connectivity index (χ0n) is 10.2. The molecule has 2 heteroatoms. The zero-order valence-corrected chi connectivity index (χ0v) is 11.8. The molecule has 1 aliphatic carbocycles. The van der Waals surface area contributed by atoms with Gasteiger partial charge in [0.25, 0.3) is 0 Å². The molecule has 0 aromatic carbocycles. The molecular weight excluding hydrogens is 250 g/mol. The molecule has 0 bridgehead atoms. The molecule has 0 aromatic rings. The highest BCUT2D eigenvalue weighted by molar-refractivity contribution is 9.09. The fourth-order valence-corrected chi connectivity index (χ4v) is 4.12. The molecule has 15 heavy (non-hydrogen) atoms. The van der Waals surface area contributed by atoms with E-state index in [2.05, 4.69) is 34.7 Å². The van der Waals surface area contributed by atoms with Gasteiger partial charge in [-0.1, -0.05) is 49.0 Å². The fourth-order valence-electron chi connectivity index (χ4n) is 3.39. The number of halogens is 1. The van der Waals surface area contributed by atoms with E-state index in [-0.39, 0.29) is 0 Å². The molecule has 0 atom stereocenters. The van der Waals surface area contributed by atoms with Crippen molar-refractivity contribution in [2.24, 2.45) is 10.8 Å². The molecule has 1 aliphatic heterocycles. The summed E-state index contributed by atoms with van der Waals surface area (Å²) in [5.41, 5.74) is 1.19. The number of hydrogen-bond donors (Lipinski definition) is 0. The van der Waals surface area contributed by atoms with E-state index in [4.69, 9.17) is 0 Å². The predicted octanol–water partition coefficient (Wildman–Crippen LogP) is 3.67. The van der Waals surface area contributed by atoms with Crippen LogP contribution in [-0.2, 0) is 0 Å². The number of hydrogen-bond acceptors (Lipinski definition) is 1. The molecule has 88 valence electrons. The van der Waals surface area contributed by atoms with Gasteiger partial charge in [0.05, 0.1) is 0 Å². The molecule has 0 spiro atoms. The Morgan fingerprint density at radius 3 is 2.13 bits per heavy atom. The first kappa shape index (κ1) is 11.9. The summed E-state index contributed by atoms with van der Waals surface area (Å²) in [5, 5.41) is 1.21. The molecule has 0 radical (unpaired) electrons. The summed E-state index contributed by atoms with van der Waals surface area (Å²) >= 11 is 3.75. The van der Waals surface area contributed by atoms with Crippen molar-refractivity contribution >= 4 is 15.9 Å². The molecule has 0 N–H and O–H groups in total. The number of nitrogens with zero attached hydrogens (tertiary/aromatic N) is 1. The van der Waals surface area contributed by atoms with Crippen LogP contribution >= 0.6 is 15.9 Å². The molecule has 0 unspecified atom stereocenters. The second-order valence-electron chi connectivity index (χ2n) is 6.50. The third kappa shape index (κ3) is 2.76. The Labute approximate surface area is 103 Å². The molecule has 2 aliphatic rings. The number of alkyl halides is 1. The first-order chi connectivity index (χ1) is 7.05. The maximum atomic E-state index is 3.75. The zero-order chi connectivity index (χ0) is 10.9. The molecule has 2 rings (SSSR count). The van der Waals surface area contributed by atoms with Crippen molar-refractivity contribution < 1.29 is 0 Å². The summed E-state index contributed by atoms with van der Waals surface area (Å²) in [5.74, 6) is 0. The second kappa shape index (κ2) is 4.37. The van der Waals surface area contributed by atoms with Crippen molar-refractivity contribution in [2.75, 3.05) is 25.0 Å². The van der Waals surface area contributed by atoms with Crippen molar-refractivity contribution in [1.82, 2.24) is 4.90 Å². The smallest absolute Gasteiger partial charge is 0.0100 e. The van der Waals surface area contributed by atoms with Gasteiger partial charge in [0.2, 0.25) is 0 Å². The Kier molecular flexibility index (Phi) is 3.47. The van der Waals surface area contributed by atoms with E-state index in [9.17, 15) is 0 Å². The van der Waals surface area contributed by atoms with Crippen LogP contribution in [0.2, 0.25) is 0 Å². The lowest BCUT2D eigenvalue weighted by atomic mass is 9.73. The molecular formula is C13H24BrN. The van der Waals surface area contributed by atoms with E-state index in [1.54, 1.807) is 0 Å². The third-order valence-electron chi connectivity index (χ3n) is 4.06. The molecule has 2 fully saturated rings. The van der Waals surface area contributed by atoms with E-state index in [1.165, 1.54) is 57.1 Å². The van der Waals surface area contributed by atoms with Gasteiger partial charge >= 0.3 is 0 Å². The molecule has 1 nitrogen and oxygen atoms in total. The standard InChI is InChI=1S/C13H24BrN/c1-12(2)9-15(10-12)11-13(8-14)6-4-3-5-7-13/h3-11H2,1-2H3. The fraction of sp³-hybridized carbons (Fsp3) is 1.00. The summed E-state index contributed by atoms with van der Waals surface area (Å²) in [7, 11) is 0. The lowest BCUT2D eigenvalue weighted by Crippen LogP contribution is -2.56. The van der Waals surface area contributed by atoms with Crippen LogP contribution in [0.25, 0.3) is 0 Å². The van der Waals surface area contributed by atoms with Gasteiger partial charge in [0.1, 0.15) is 0 Å². The topological polar surface area (TPSA) is 3.24 Å². The Bertz CT molecular complexity index is 211. The molecule has 0 amide bonds. The largest absolute Gasteiger partial charge is 0.302 e. The lowest BCUT2D eigenvalue weighted by molar-refractivity contribution is -0.00858. The first-order valence-corrected chi connectivity index (χ1v) is 7.46. The first-order valence-electron chi connectivity index (χ1n) is 6.34. The SMILES string of the molecule is CC1(C)CN(CC2(CBr)CCCCC2)C1. The van der Waals surface area contributed by atoms with Crippen LogP contribution in [-0.4, -0.2) is 29.9 Å². The maximum Gasteiger partial charge on any atom is 0.0100 e. The van der Waals surface area contributed by atoms with Crippen LogP contribution in [0.5, 0.6) is 0 Å². The second-order valence-corrected chi connectivity index (χ2v) is 7.06. The Morgan fingerprint density at radius 2 is 1.67 bits per heavy atom. The van der Waals surface area contributed by atoms with Crippen molar-refractivity contribution in [2.45, 2.75) is 46.0 Å². The Balaban J connectivity index is 1.85. The average Bonchev–Trinajstić information content (AvgIpc) is 2.16. The average molecular weight is 274 g/mol. The van der Waals surface area contributed by atoms with E-state index in [0.29, 0.717) is 10.8 Å². The minimum absolute atomic E-state index is 0.585. The van der Waals surface area contributed by atoms with Crippen LogP contribution in [0.4, 0.5) is 0 Å². The third-order valence-corrected chi connectivity index (χ3v) is 5.25. The van der Waals surface area contributed by atoms with Crippen LogP contribution < -0.4 is 0 Å². The van der Waals surface area contributed by atoms with E-state index in [0.717, 1.165) is 0 Å². The monoisotopic (exact) mass is 273 g/mol. The van der Waals surface area contributed by atoms with Gasteiger partial charge in [-0.15, -0.1) is 0 Å². The van der Waals surface area contributed by atoms with Crippen LogP contribution in [0.15, 0.2) is 0 Å². The highest BCUT2D eigenvalue weighted by Gasteiger charge is 2.40. The maximum absolute atomic E-state index is 3.75. The quantitative estimate of drug-likeness (QED) is 0.710. The molecule has 1 heterocycles. The van der Waals surface area contributed by atoms with Gasteiger partial charge in [0.15, 0.2) is 0 Å². The van der Waals surface area contributed by atoms with Crippen molar-refractivity contribution in [3.63, 3.8) is 0 Å². The lowest BCUT2D eigenvalue weighted by Gasteiger charge is -2.50. The van der Waals surface area contributed by atoms with Gasteiger partial charge in [-0.3, -0.25) is 0 Å². The van der Waals surface area contributed by atoms with E-state index < -0.39 is 0 Å². The summed E-state index contributed by atoms with van der Waals surface area (Å²) in [6.45, 7) is 8.71. The summed E-state index contributed by atoms with van der Waals surface area (Å²) < 4.78 is 0. The van der Waals surface area contributed by atoms with Gasteiger partial charge in [-0.2, -0.15) is 0 Å². The molecule has 1 saturated heterocycles. The predicted molar refractivity (Wildman–Crippen MR) is 69.5 cm³/mol. The summed E-state index contributed by atoms with van der Waals surface area (Å²) in [6.07, 6.45) is 7.23. The van der Waals surface area contributed by atoms with Gasteiger partial charge in [0, 0.05) is 25.0 Å². The van der Waals surface area contributed by atoms with Crippen LogP contribution in [0.3, 0.4) is 0 Å². The number of rotatable bonds is 3. The van der Waals surface area contributed by atoms with Crippen LogP contribution in [0, 0.1) is 10.8 Å². The van der Waals surface area contributed by atoms with Gasteiger partial charge in [-0.05, 0) is 23.7 Å². The van der Waals surface area contributed by atoms with E-state index in [1.807, 2.05) is 0 Å². The van der Waals surface area contributed by atoms with E-state index >= 15 is 0 Å². The molecule has 1 saturated carbocycles. The van der Waals surface area contributed by atoms with Gasteiger partial charge in [-0.25, -0.2) is 0 Å². The highest BCUT2D eigenvalue weighted by atomic mass is 79.9. The highest BCUT2D eigenvalue weighted by Crippen LogP contribution is 2.41. The summed E-state index contributed by atoms with van der Waals surface area (Å²) in [6, 6.07) is 0. The van der Waals surface area contributed by atoms with Crippen molar-refractivity contribution in [1.29, 1.82) is 0 Å². The molecule has 0 aromatic heterocycles.